The second-order valence-electron chi connectivity index (χ2n) is 3.53. The van der Waals surface area contributed by atoms with E-state index in [9.17, 15) is 0 Å². The fraction of sp³-hybridized carbons (Fsp3) is 0.545. The van der Waals surface area contributed by atoms with E-state index in [1.165, 1.54) is 6.42 Å². The molecule has 14 heavy (non-hydrogen) atoms. The Bertz CT molecular complexity index is 236. The normalized spacial score (nSPS) is 10.5. The van der Waals surface area contributed by atoms with Crippen LogP contribution in [0, 0.1) is 0 Å². The molecule has 0 N–H and O–H groups in total. The number of rotatable bonds is 6. The molecule has 78 valence electrons. The molecular formula is C11H18N2O. The fourth-order valence-corrected chi connectivity index (χ4v) is 1.14. The van der Waals surface area contributed by atoms with Gasteiger partial charge in [-0.1, -0.05) is 6.07 Å². The van der Waals surface area contributed by atoms with E-state index in [1.807, 2.05) is 18.2 Å². The third-order valence-electron chi connectivity index (χ3n) is 1.89. The zero-order chi connectivity index (χ0) is 10.2. The van der Waals surface area contributed by atoms with Gasteiger partial charge in [-0.3, -0.25) is 0 Å². The van der Waals surface area contributed by atoms with Gasteiger partial charge in [-0.2, -0.15) is 0 Å². The molecule has 0 amide bonds. The van der Waals surface area contributed by atoms with Crippen LogP contribution in [0.4, 0.5) is 0 Å². The molecule has 0 saturated heterocycles. The van der Waals surface area contributed by atoms with E-state index in [4.69, 9.17) is 4.74 Å². The van der Waals surface area contributed by atoms with Crippen molar-refractivity contribution in [2.45, 2.75) is 12.8 Å². The molecule has 1 aromatic heterocycles. The summed E-state index contributed by atoms with van der Waals surface area (Å²) in [4.78, 5) is 6.26. The quantitative estimate of drug-likeness (QED) is 0.646. The first-order chi connectivity index (χ1) is 6.79. The van der Waals surface area contributed by atoms with Gasteiger partial charge in [-0.15, -0.1) is 0 Å². The van der Waals surface area contributed by atoms with Crippen LogP contribution >= 0.6 is 0 Å². The summed E-state index contributed by atoms with van der Waals surface area (Å²) in [5.74, 6) is 0.720. The van der Waals surface area contributed by atoms with Crippen LogP contribution < -0.4 is 4.74 Å². The van der Waals surface area contributed by atoms with Crippen molar-refractivity contribution in [3.05, 3.63) is 24.4 Å². The van der Waals surface area contributed by atoms with Crippen LogP contribution in [0.15, 0.2) is 24.4 Å². The predicted molar refractivity (Wildman–Crippen MR) is 57.5 cm³/mol. The van der Waals surface area contributed by atoms with Gasteiger partial charge in [0.05, 0.1) is 6.61 Å². The lowest BCUT2D eigenvalue weighted by molar-refractivity contribution is 0.284. The second-order valence-corrected chi connectivity index (χ2v) is 3.53. The lowest BCUT2D eigenvalue weighted by Gasteiger charge is -2.09. The van der Waals surface area contributed by atoms with Gasteiger partial charge in [0.2, 0.25) is 5.88 Å². The van der Waals surface area contributed by atoms with Gasteiger partial charge in [-0.05, 0) is 39.5 Å². The van der Waals surface area contributed by atoms with Gasteiger partial charge >= 0.3 is 0 Å². The van der Waals surface area contributed by atoms with Crippen molar-refractivity contribution in [1.29, 1.82) is 0 Å². The average molecular weight is 194 g/mol. The minimum absolute atomic E-state index is 0.720. The molecule has 1 aromatic rings. The minimum Gasteiger partial charge on any atom is -0.478 e. The summed E-state index contributed by atoms with van der Waals surface area (Å²) < 4.78 is 5.46. The molecule has 0 unspecified atom stereocenters. The van der Waals surface area contributed by atoms with E-state index in [-0.39, 0.29) is 0 Å². The maximum atomic E-state index is 5.46. The monoisotopic (exact) mass is 194 g/mol. The van der Waals surface area contributed by atoms with Crippen molar-refractivity contribution in [3.63, 3.8) is 0 Å². The number of hydrogen-bond acceptors (Lipinski definition) is 3. The van der Waals surface area contributed by atoms with Crippen LogP contribution in [0.3, 0.4) is 0 Å². The molecule has 0 aliphatic heterocycles. The first kappa shape index (κ1) is 11.0. The molecule has 0 aliphatic rings. The van der Waals surface area contributed by atoms with Crippen LogP contribution in [0.5, 0.6) is 5.88 Å². The van der Waals surface area contributed by atoms with E-state index >= 15 is 0 Å². The molecule has 0 radical (unpaired) electrons. The smallest absolute Gasteiger partial charge is 0.213 e. The van der Waals surface area contributed by atoms with Gasteiger partial charge in [0.15, 0.2) is 0 Å². The van der Waals surface area contributed by atoms with Crippen molar-refractivity contribution in [2.24, 2.45) is 0 Å². The average Bonchev–Trinajstić information content (AvgIpc) is 2.18. The van der Waals surface area contributed by atoms with E-state index in [2.05, 4.69) is 24.0 Å². The van der Waals surface area contributed by atoms with E-state index in [1.54, 1.807) is 6.20 Å². The number of ether oxygens (including phenoxy) is 1. The van der Waals surface area contributed by atoms with E-state index < -0.39 is 0 Å². The van der Waals surface area contributed by atoms with Crippen molar-refractivity contribution in [2.75, 3.05) is 27.2 Å². The van der Waals surface area contributed by atoms with Gasteiger partial charge in [0.25, 0.3) is 0 Å². The molecule has 0 aliphatic carbocycles. The number of pyridine rings is 1. The fourth-order valence-electron chi connectivity index (χ4n) is 1.14. The molecule has 3 heteroatoms. The van der Waals surface area contributed by atoms with Crippen molar-refractivity contribution in [1.82, 2.24) is 9.88 Å². The zero-order valence-corrected chi connectivity index (χ0v) is 8.94. The number of aromatic nitrogens is 1. The van der Waals surface area contributed by atoms with Gasteiger partial charge < -0.3 is 9.64 Å². The van der Waals surface area contributed by atoms with Crippen molar-refractivity contribution < 1.29 is 4.74 Å². The molecule has 0 spiro atoms. The van der Waals surface area contributed by atoms with Crippen LogP contribution in [-0.2, 0) is 0 Å². The highest BCUT2D eigenvalue weighted by Gasteiger charge is 1.94. The molecule has 0 bridgehead atoms. The van der Waals surface area contributed by atoms with Crippen LogP contribution in [0.2, 0.25) is 0 Å². The Morgan fingerprint density at radius 3 is 2.79 bits per heavy atom. The predicted octanol–water partition coefficient (Wildman–Crippen LogP) is 1.80. The Balaban J connectivity index is 2.05. The Labute approximate surface area is 85.7 Å². The largest absolute Gasteiger partial charge is 0.478 e. The summed E-state index contributed by atoms with van der Waals surface area (Å²) in [5.41, 5.74) is 0. The summed E-state index contributed by atoms with van der Waals surface area (Å²) >= 11 is 0. The Kier molecular flexibility index (Phi) is 5.00. The second kappa shape index (κ2) is 6.38. The van der Waals surface area contributed by atoms with Gasteiger partial charge in [0, 0.05) is 12.3 Å². The van der Waals surface area contributed by atoms with E-state index in [0.29, 0.717) is 0 Å². The molecule has 1 heterocycles. The Hall–Kier alpha value is -1.09. The number of nitrogens with zero attached hydrogens (tertiary/aromatic N) is 2. The van der Waals surface area contributed by atoms with Crippen LogP contribution in [-0.4, -0.2) is 37.1 Å². The molecule has 0 atom stereocenters. The van der Waals surface area contributed by atoms with E-state index in [0.717, 1.165) is 25.5 Å². The summed E-state index contributed by atoms with van der Waals surface area (Å²) in [5, 5.41) is 0. The lowest BCUT2D eigenvalue weighted by atomic mass is 10.3. The third-order valence-corrected chi connectivity index (χ3v) is 1.89. The first-order valence-corrected chi connectivity index (χ1v) is 4.97. The minimum atomic E-state index is 0.720. The van der Waals surface area contributed by atoms with Crippen LogP contribution in [0.1, 0.15) is 12.8 Å². The summed E-state index contributed by atoms with van der Waals surface area (Å²) in [6.45, 7) is 1.87. The third kappa shape index (κ3) is 4.82. The molecule has 3 nitrogen and oxygen atoms in total. The Morgan fingerprint density at radius 1 is 1.29 bits per heavy atom. The van der Waals surface area contributed by atoms with Crippen molar-refractivity contribution >= 4 is 0 Å². The standard InChI is InChI=1S/C11H18N2O/c1-13(2)9-5-6-10-14-11-7-3-4-8-12-11/h3-4,7-8H,5-6,9-10H2,1-2H3. The van der Waals surface area contributed by atoms with Crippen molar-refractivity contribution in [3.8, 4) is 5.88 Å². The highest BCUT2D eigenvalue weighted by atomic mass is 16.5. The molecule has 0 fully saturated rings. The number of hydrogen-bond donors (Lipinski definition) is 0. The number of unbranched alkanes of at least 4 members (excludes halogenated alkanes) is 1. The summed E-state index contributed by atoms with van der Waals surface area (Å²) in [6.07, 6.45) is 3.99. The topological polar surface area (TPSA) is 25.4 Å². The molecule has 0 aromatic carbocycles. The maximum Gasteiger partial charge on any atom is 0.213 e. The molecule has 1 rings (SSSR count). The zero-order valence-electron chi connectivity index (χ0n) is 8.94. The maximum absolute atomic E-state index is 5.46. The molecular weight excluding hydrogens is 176 g/mol. The first-order valence-electron chi connectivity index (χ1n) is 4.97. The highest BCUT2D eigenvalue weighted by molar-refractivity contribution is 5.08. The Morgan fingerprint density at radius 2 is 2.14 bits per heavy atom. The van der Waals surface area contributed by atoms with Gasteiger partial charge in [-0.25, -0.2) is 4.98 Å². The van der Waals surface area contributed by atoms with Gasteiger partial charge in [0.1, 0.15) is 0 Å². The summed E-state index contributed by atoms with van der Waals surface area (Å²) in [7, 11) is 4.17. The molecule has 0 saturated carbocycles. The highest BCUT2D eigenvalue weighted by Crippen LogP contribution is 2.04. The SMILES string of the molecule is CN(C)CCCCOc1ccccn1. The lowest BCUT2D eigenvalue weighted by Crippen LogP contribution is -2.13. The van der Waals surface area contributed by atoms with Crippen LogP contribution in [0.25, 0.3) is 0 Å². The summed E-state index contributed by atoms with van der Waals surface area (Å²) in [6, 6.07) is 5.70.